The van der Waals surface area contributed by atoms with Crippen LogP contribution in [0.3, 0.4) is 0 Å². The van der Waals surface area contributed by atoms with Crippen molar-refractivity contribution in [1.29, 1.82) is 0 Å². The first-order valence-corrected chi connectivity index (χ1v) is 10.3. The van der Waals surface area contributed by atoms with E-state index >= 15 is 0 Å². The Balaban J connectivity index is 1.70. The molecule has 1 N–H and O–H groups in total. The first-order chi connectivity index (χ1) is 14.5. The van der Waals surface area contributed by atoms with Crippen LogP contribution in [0, 0.1) is 0 Å². The number of hydrogen-bond acceptors (Lipinski definition) is 7. The molecule has 1 aromatic carbocycles. The summed E-state index contributed by atoms with van der Waals surface area (Å²) >= 11 is 0. The van der Waals surface area contributed by atoms with Crippen LogP contribution in [0.15, 0.2) is 33.9 Å². The molecule has 9 nitrogen and oxygen atoms in total. The minimum atomic E-state index is -0.442. The second-order valence-electron chi connectivity index (χ2n) is 8.07. The van der Waals surface area contributed by atoms with E-state index in [0.29, 0.717) is 5.82 Å². The Morgan fingerprint density at radius 2 is 1.80 bits per heavy atom. The van der Waals surface area contributed by atoms with Crippen molar-refractivity contribution in [2.24, 2.45) is 7.05 Å². The molecule has 30 heavy (non-hydrogen) atoms. The van der Waals surface area contributed by atoms with Gasteiger partial charge in [-0.1, -0.05) is 12.8 Å². The Morgan fingerprint density at radius 1 is 1.10 bits per heavy atom. The van der Waals surface area contributed by atoms with Crippen molar-refractivity contribution in [3.8, 4) is 11.4 Å². The van der Waals surface area contributed by atoms with E-state index in [1.807, 2.05) is 38.4 Å². The van der Waals surface area contributed by atoms with Crippen molar-refractivity contribution in [3.63, 3.8) is 0 Å². The molecule has 1 aliphatic rings. The van der Waals surface area contributed by atoms with Crippen LogP contribution in [0.2, 0.25) is 0 Å². The summed E-state index contributed by atoms with van der Waals surface area (Å²) in [6.07, 6.45) is 3.93. The second-order valence-corrected chi connectivity index (χ2v) is 8.07. The van der Waals surface area contributed by atoms with E-state index in [4.69, 9.17) is 0 Å². The zero-order valence-corrected chi connectivity index (χ0v) is 17.6. The van der Waals surface area contributed by atoms with Crippen LogP contribution in [0.4, 0.5) is 5.69 Å². The van der Waals surface area contributed by atoms with Gasteiger partial charge in [-0.15, -0.1) is 10.2 Å². The Labute approximate surface area is 174 Å². The lowest BCUT2D eigenvalue weighted by molar-refractivity contribution is 0.425. The van der Waals surface area contributed by atoms with Gasteiger partial charge in [-0.3, -0.25) is 13.9 Å². The van der Waals surface area contributed by atoms with Crippen molar-refractivity contribution >= 4 is 16.9 Å². The van der Waals surface area contributed by atoms with Gasteiger partial charge in [0.1, 0.15) is 0 Å². The molecule has 0 saturated heterocycles. The first-order valence-electron chi connectivity index (χ1n) is 10.3. The van der Waals surface area contributed by atoms with Crippen LogP contribution in [0.1, 0.15) is 31.7 Å². The fraction of sp³-hybridized carbons (Fsp3) is 0.476. The fourth-order valence-corrected chi connectivity index (χ4v) is 3.90. The van der Waals surface area contributed by atoms with E-state index in [-0.39, 0.29) is 22.9 Å². The Morgan fingerprint density at radius 3 is 2.47 bits per heavy atom. The Bertz CT molecular complexity index is 1160. The molecule has 0 spiro atoms. The molecule has 3 aromatic rings. The van der Waals surface area contributed by atoms with Gasteiger partial charge in [0.2, 0.25) is 0 Å². The molecule has 2 aromatic heterocycles. The van der Waals surface area contributed by atoms with Gasteiger partial charge in [0, 0.05) is 37.4 Å². The largest absolute Gasteiger partial charge is 0.384 e. The van der Waals surface area contributed by atoms with Crippen LogP contribution < -0.4 is 16.6 Å². The van der Waals surface area contributed by atoms with Gasteiger partial charge in [0.25, 0.3) is 5.56 Å². The first kappa shape index (κ1) is 20.2. The number of benzene rings is 1. The molecule has 1 saturated carbocycles. The van der Waals surface area contributed by atoms with Gasteiger partial charge in [0.15, 0.2) is 17.0 Å². The van der Waals surface area contributed by atoms with E-state index in [1.165, 1.54) is 7.05 Å². The highest BCUT2D eigenvalue weighted by Crippen LogP contribution is 2.29. The third kappa shape index (κ3) is 3.85. The lowest BCUT2D eigenvalue weighted by Gasteiger charge is -2.16. The standard InChI is InChI=1S/C21H27N7O2/c1-26(2)13-12-22-15-10-8-14(9-11-15)18-23-17-19(25-24-18)28(16-6-4-5-7-16)21(30)27(3)20(17)29/h8-11,16,22H,4-7,12-13H2,1-3H3. The number of likely N-dealkylation sites (N-methyl/N-ethyl adjacent to an activating group) is 1. The average molecular weight is 409 g/mol. The number of aromatic nitrogens is 5. The van der Waals surface area contributed by atoms with Crippen LogP contribution in [-0.4, -0.2) is 56.4 Å². The normalized spacial score (nSPS) is 14.7. The molecule has 1 aliphatic carbocycles. The highest BCUT2D eigenvalue weighted by atomic mass is 16.2. The summed E-state index contributed by atoms with van der Waals surface area (Å²) in [5.74, 6) is 0.371. The molecule has 9 heteroatoms. The maximum absolute atomic E-state index is 12.7. The highest BCUT2D eigenvalue weighted by Gasteiger charge is 2.24. The molecule has 158 valence electrons. The third-order valence-electron chi connectivity index (χ3n) is 5.62. The Hall–Kier alpha value is -3.07. The van der Waals surface area contributed by atoms with E-state index in [1.54, 1.807) is 4.57 Å². The minimum absolute atomic E-state index is 0.0428. The summed E-state index contributed by atoms with van der Waals surface area (Å²) in [6, 6.07) is 7.75. The fourth-order valence-electron chi connectivity index (χ4n) is 3.90. The van der Waals surface area contributed by atoms with Gasteiger partial charge in [0.05, 0.1) is 0 Å². The predicted octanol–water partition coefficient (Wildman–Crippen LogP) is 1.64. The minimum Gasteiger partial charge on any atom is -0.384 e. The zero-order chi connectivity index (χ0) is 21.3. The van der Waals surface area contributed by atoms with Crippen molar-refractivity contribution in [1.82, 2.24) is 29.2 Å². The average Bonchev–Trinajstić information content (AvgIpc) is 3.27. The molecular formula is C21H27N7O2. The zero-order valence-electron chi connectivity index (χ0n) is 17.6. The van der Waals surface area contributed by atoms with Gasteiger partial charge in [-0.25, -0.2) is 9.78 Å². The lowest BCUT2D eigenvalue weighted by Crippen LogP contribution is -2.40. The number of anilines is 1. The molecule has 1 fully saturated rings. The van der Waals surface area contributed by atoms with Gasteiger partial charge >= 0.3 is 5.69 Å². The monoisotopic (exact) mass is 409 g/mol. The molecule has 0 unspecified atom stereocenters. The highest BCUT2D eigenvalue weighted by molar-refractivity contribution is 5.71. The van der Waals surface area contributed by atoms with Crippen LogP contribution in [-0.2, 0) is 7.05 Å². The number of fused-ring (bicyclic) bond motifs is 1. The van der Waals surface area contributed by atoms with Gasteiger partial charge in [-0.2, -0.15) is 0 Å². The topological polar surface area (TPSA) is 97.9 Å². The lowest BCUT2D eigenvalue weighted by atomic mass is 10.2. The molecule has 0 amide bonds. The number of hydrogen-bond donors (Lipinski definition) is 1. The van der Waals surface area contributed by atoms with Crippen molar-refractivity contribution in [2.45, 2.75) is 31.7 Å². The van der Waals surface area contributed by atoms with E-state index in [2.05, 4.69) is 25.4 Å². The summed E-state index contributed by atoms with van der Waals surface area (Å²) in [5, 5.41) is 11.9. The molecule has 2 heterocycles. The van der Waals surface area contributed by atoms with Crippen molar-refractivity contribution < 1.29 is 0 Å². The van der Waals surface area contributed by atoms with E-state index in [9.17, 15) is 9.59 Å². The molecule has 4 rings (SSSR count). The van der Waals surface area contributed by atoms with Crippen molar-refractivity contribution in [3.05, 3.63) is 45.1 Å². The van der Waals surface area contributed by atoms with Crippen LogP contribution in [0.25, 0.3) is 22.6 Å². The number of rotatable bonds is 6. The van der Waals surface area contributed by atoms with Crippen molar-refractivity contribution in [2.75, 3.05) is 32.5 Å². The SMILES string of the molecule is CN(C)CCNc1ccc(-c2nnc3c(n2)c(=O)n(C)c(=O)n3C2CCCC2)cc1. The molecule has 0 radical (unpaired) electrons. The maximum atomic E-state index is 12.7. The maximum Gasteiger partial charge on any atom is 0.332 e. The smallest absolute Gasteiger partial charge is 0.332 e. The van der Waals surface area contributed by atoms with E-state index < -0.39 is 5.56 Å². The second kappa shape index (κ2) is 8.35. The van der Waals surface area contributed by atoms with E-state index in [0.717, 1.165) is 54.6 Å². The van der Waals surface area contributed by atoms with Crippen LogP contribution in [0.5, 0.6) is 0 Å². The van der Waals surface area contributed by atoms with Gasteiger partial charge < -0.3 is 10.2 Å². The molecule has 0 atom stereocenters. The summed E-state index contributed by atoms with van der Waals surface area (Å²) < 4.78 is 2.72. The number of nitrogens with one attached hydrogen (secondary N) is 1. The molecular weight excluding hydrogens is 382 g/mol. The summed E-state index contributed by atoms with van der Waals surface area (Å²) in [5.41, 5.74) is 1.44. The predicted molar refractivity (Wildman–Crippen MR) is 117 cm³/mol. The quantitative estimate of drug-likeness (QED) is 0.661. The summed E-state index contributed by atoms with van der Waals surface area (Å²) in [4.78, 5) is 32.1. The van der Waals surface area contributed by atoms with Gasteiger partial charge in [-0.05, 0) is 51.2 Å². The third-order valence-corrected chi connectivity index (χ3v) is 5.62. The molecule has 0 aliphatic heterocycles. The Kier molecular flexibility index (Phi) is 5.63. The molecule has 0 bridgehead atoms. The summed E-state index contributed by atoms with van der Waals surface area (Å²) in [6.45, 7) is 1.78. The van der Waals surface area contributed by atoms with Crippen LogP contribution >= 0.6 is 0 Å². The summed E-state index contributed by atoms with van der Waals surface area (Å²) in [7, 11) is 5.56. The number of nitrogens with zero attached hydrogens (tertiary/aromatic N) is 6.